The number of benzene rings is 1. The molecule has 0 fully saturated rings. The van der Waals surface area contributed by atoms with Crippen molar-refractivity contribution in [1.29, 1.82) is 0 Å². The molecule has 0 atom stereocenters. The average molecular weight is 433 g/mol. The van der Waals surface area contributed by atoms with E-state index in [1.807, 2.05) is 31.2 Å². The van der Waals surface area contributed by atoms with Crippen LogP contribution in [-0.4, -0.2) is 39.6 Å². The summed E-state index contributed by atoms with van der Waals surface area (Å²) in [6.07, 6.45) is 3.04. The zero-order valence-electron chi connectivity index (χ0n) is 18.7. The Kier molecular flexibility index (Phi) is 8.47. The van der Waals surface area contributed by atoms with E-state index in [0.29, 0.717) is 29.5 Å². The Labute approximate surface area is 184 Å². The van der Waals surface area contributed by atoms with Crippen LogP contribution in [0.1, 0.15) is 66.0 Å². The zero-order chi connectivity index (χ0) is 22.3. The van der Waals surface area contributed by atoms with Crippen molar-refractivity contribution in [1.82, 2.24) is 14.7 Å². The highest BCUT2D eigenvalue weighted by atomic mass is 35.5. The molecular formula is C23H33ClN4O2. The minimum absolute atomic E-state index is 0.0103. The molecule has 6 nitrogen and oxygen atoms in total. The van der Waals surface area contributed by atoms with Crippen LogP contribution in [0.25, 0.3) is 5.69 Å². The van der Waals surface area contributed by atoms with Crippen LogP contribution in [-0.2, 0) is 15.0 Å². The van der Waals surface area contributed by atoms with Crippen LogP contribution in [0.4, 0.5) is 5.82 Å². The lowest BCUT2D eigenvalue weighted by Crippen LogP contribution is -2.38. The van der Waals surface area contributed by atoms with E-state index in [0.717, 1.165) is 25.0 Å². The molecule has 0 bridgehead atoms. The molecule has 0 saturated carbocycles. The summed E-state index contributed by atoms with van der Waals surface area (Å²) in [4.78, 5) is 26.9. The van der Waals surface area contributed by atoms with Gasteiger partial charge in [0, 0.05) is 24.4 Å². The first-order valence-corrected chi connectivity index (χ1v) is 11.0. The van der Waals surface area contributed by atoms with Gasteiger partial charge in [-0.2, -0.15) is 5.10 Å². The lowest BCUT2D eigenvalue weighted by Gasteiger charge is -2.22. The SMILES string of the molecule is CCCCN(CC(=O)Nc1cc(C(C)(C)C)nn1-c1ccccc1Cl)C(=O)CCC. The maximum atomic E-state index is 12.8. The summed E-state index contributed by atoms with van der Waals surface area (Å²) in [6.45, 7) is 10.8. The van der Waals surface area contributed by atoms with Crippen LogP contribution < -0.4 is 5.32 Å². The standard InChI is InChI=1S/C23H33ClN4O2/c1-6-8-14-27(22(30)11-7-2)16-21(29)25-20-15-19(23(3,4)5)26-28(20)18-13-10-9-12-17(18)24/h9-10,12-13,15H,6-8,11,14,16H2,1-5H3,(H,25,29). The van der Waals surface area contributed by atoms with Crippen LogP contribution in [0.2, 0.25) is 5.02 Å². The Hall–Kier alpha value is -2.34. The van der Waals surface area contributed by atoms with Crippen LogP contribution >= 0.6 is 11.6 Å². The Morgan fingerprint density at radius 1 is 1.17 bits per heavy atom. The number of amides is 2. The summed E-state index contributed by atoms with van der Waals surface area (Å²) in [6, 6.07) is 9.24. The van der Waals surface area contributed by atoms with E-state index in [2.05, 4.69) is 33.0 Å². The van der Waals surface area contributed by atoms with Crippen molar-refractivity contribution in [2.24, 2.45) is 0 Å². The lowest BCUT2D eigenvalue weighted by molar-refractivity contribution is -0.134. The van der Waals surface area contributed by atoms with Crippen molar-refractivity contribution in [2.45, 2.75) is 65.7 Å². The van der Waals surface area contributed by atoms with E-state index >= 15 is 0 Å². The fourth-order valence-electron chi connectivity index (χ4n) is 3.01. The van der Waals surface area contributed by atoms with Crippen molar-refractivity contribution >= 4 is 29.2 Å². The average Bonchev–Trinajstić information content (AvgIpc) is 3.09. The zero-order valence-corrected chi connectivity index (χ0v) is 19.4. The third kappa shape index (κ3) is 6.33. The monoisotopic (exact) mass is 432 g/mol. The van der Waals surface area contributed by atoms with E-state index in [1.54, 1.807) is 15.6 Å². The number of hydrogen-bond acceptors (Lipinski definition) is 3. The number of rotatable bonds is 9. The topological polar surface area (TPSA) is 67.2 Å². The molecule has 30 heavy (non-hydrogen) atoms. The first-order valence-electron chi connectivity index (χ1n) is 10.6. The van der Waals surface area contributed by atoms with Crippen molar-refractivity contribution < 1.29 is 9.59 Å². The molecule has 0 spiro atoms. The van der Waals surface area contributed by atoms with Gasteiger partial charge in [0.2, 0.25) is 11.8 Å². The number of halogens is 1. The van der Waals surface area contributed by atoms with Gasteiger partial charge in [0.05, 0.1) is 22.9 Å². The van der Waals surface area contributed by atoms with Gasteiger partial charge < -0.3 is 10.2 Å². The lowest BCUT2D eigenvalue weighted by atomic mass is 9.92. The second-order valence-corrected chi connectivity index (χ2v) is 8.90. The van der Waals surface area contributed by atoms with Gasteiger partial charge in [0.15, 0.2) is 0 Å². The molecule has 1 heterocycles. The van der Waals surface area contributed by atoms with Gasteiger partial charge in [0.1, 0.15) is 5.82 Å². The molecule has 7 heteroatoms. The number of para-hydroxylation sites is 1. The van der Waals surface area contributed by atoms with Gasteiger partial charge in [-0.15, -0.1) is 0 Å². The van der Waals surface area contributed by atoms with Crippen LogP contribution in [0.3, 0.4) is 0 Å². The highest BCUT2D eigenvalue weighted by Gasteiger charge is 2.23. The van der Waals surface area contributed by atoms with Crippen LogP contribution in [0.15, 0.2) is 30.3 Å². The van der Waals surface area contributed by atoms with Crippen molar-refractivity contribution in [3.63, 3.8) is 0 Å². The third-order valence-electron chi connectivity index (χ3n) is 4.76. The van der Waals surface area contributed by atoms with Crippen molar-refractivity contribution in [3.05, 3.63) is 41.0 Å². The molecule has 0 aliphatic heterocycles. The molecule has 0 aliphatic rings. The van der Waals surface area contributed by atoms with E-state index < -0.39 is 0 Å². The Morgan fingerprint density at radius 2 is 1.87 bits per heavy atom. The summed E-state index contributed by atoms with van der Waals surface area (Å²) >= 11 is 6.38. The number of hydrogen-bond donors (Lipinski definition) is 1. The highest BCUT2D eigenvalue weighted by Crippen LogP contribution is 2.29. The molecular weight excluding hydrogens is 400 g/mol. The second-order valence-electron chi connectivity index (χ2n) is 8.50. The summed E-state index contributed by atoms with van der Waals surface area (Å²) in [5, 5.41) is 8.18. The molecule has 164 valence electrons. The van der Waals surface area contributed by atoms with Crippen LogP contribution in [0.5, 0.6) is 0 Å². The molecule has 0 radical (unpaired) electrons. The fourth-order valence-corrected chi connectivity index (χ4v) is 3.23. The molecule has 2 aromatic rings. The van der Waals surface area contributed by atoms with Gasteiger partial charge in [-0.1, -0.05) is 64.8 Å². The number of aromatic nitrogens is 2. The largest absolute Gasteiger partial charge is 0.333 e. The maximum Gasteiger partial charge on any atom is 0.245 e. The van der Waals surface area contributed by atoms with Gasteiger partial charge in [-0.3, -0.25) is 9.59 Å². The van der Waals surface area contributed by atoms with Crippen molar-refractivity contribution in [2.75, 3.05) is 18.4 Å². The van der Waals surface area contributed by atoms with Crippen molar-refractivity contribution in [3.8, 4) is 5.69 Å². The Bertz CT molecular complexity index is 870. The van der Waals surface area contributed by atoms with Gasteiger partial charge >= 0.3 is 0 Å². The minimum atomic E-state index is -0.246. The van der Waals surface area contributed by atoms with Gasteiger partial charge in [-0.05, 0) is 25.0 Å². The Balaban J connectivity index is 2.29. The highest BCUT2D eigenvalue weighted by molar-refractivity contribution is 6.32. The van der Waals surface area contributed by atoms with E-state index in [9.17, 15) is 9.59 Å². The molecule has 0 aliphatic carbocycles. The first-order chi connectivity index (χ1) is 14.2. The van der Waals surface area contributed by atoms with Gasteiger partial charge in [-0.25, -0.2) is 4.68 Å². The maximum absolute atomic E-state index is 12.8. The number of carbonyl (C=O) groups is 2. The predicted molar refractivity (Wildman–Crippen MR) is 122 cm³/mol. The summed E-state index contributed by atoms with van der Waals surface area (Å²) in [7, 11) is 0. The minimum Gasteiger partial charge on any atom is -0.333 e. The number of carbonyl (C=O) groups excluding carboxylic acids is 2. The molecule has 2 rings (SSSR count). The molecule has 2 amide bonds. The summed E-state index contributed by atoms with van der Waals surface area (Å²) in [5.41, 5.74) is 1.33. The van der Waals surface area contributed by atoms with E-state index in [1.165, 1.54) is 0 Å². The predicted octanol–water partition coefficient (Wildman–Crippen LogP) is 5.19. The number of unbranched alkanes of at least 4 members (excludes halogenated alkanes) is 1. The molecule has 1 aromatic heterocycles. The van der Waals surface area contributed by atoms with E-state index in [-0.39, 0.29) is 23.8 Å². The second kappa shape index (κ2) is 10.6. The number of anilines is 1. The number of nitrogens with one attached hydrogen (secondary N) is 1. The first kappa shape index (κ1) is 23.9. The smallest absolute Gasteiger partial charge is 0.245 e. The normalized spacial score (nSPS) is 11.4. The molecule has 0 unspecified atom stereocenters. The van der Waals surface area contributed by atoms with E-state index in [4.69, 9.17) is 16.7 Å². The summed E-state index contributed by atoms with van der Waals surface area (Å²) < 4.78 is 1.66. The molecule has 1 N–H and O–H groups in total. The fraction of sp³-hybridized carbons (Fsp3) is 0.522. The molecule has 1 aromatic carbocycles. The number of nitrogens with zero attached hydrogens (tertiary/aromatic N) is 3. The van der Waals surface area contributed by atoms with Gasteiger partial charge in [0.25, 0.3) is 0 Å². The Morgan fingerprint density at radius 3 is 2.47 bits per heavy atom. The summed E-state index contributed by atoms with van der Waals surface area (Å²) in [5.74, 6) is 0.303. The third-order valence-corrected chi connectivity index (χ3v) is 5.08. The quantitative estimate of drug-likeness (QED) is 0.592. The molecule has 0 saturated heterocycles. The van der Waals surface area contributed by atoms with Crippen LogP contribution in [0, 0.1) is 0 Å².